The predicted molar refractivity (Wildman–Crippen MR) is 75.0 cm³/mol. The van der Waals surface area contributed by atoms with Crippen molar-refractivity contribution in [3.05, 3.63) is 35.9 Å². The van der Waals surface area contributed by atoms with Gasteiger partial charge in [0.1, 0.15) is 18.3 Å². The summed E-state index contributed by atoms with van der Waals surface area (Å²) in [5, 5.41) is 2.91. The third kappa shape index (κ3) is 4.02. The van der Waals surface area contributed by atoms with Gasteiger partial charge in [-0.15, -0.1) is 0 Å². The van der Waals surface area contributed by atoms with Crippen LogP contribution < -0.4 is 5.32 Å². The van der Waals surface area contributed by atoms with Crippen LogP contribution in [0.4, 0.5) is 4.39 Å². The Bertz CT molecular complexity index is 452. The van der Waals surface area contributed by atoms with Crippen LogP contribution in [0, 0.1) is 0 Å². The highest BCUT2D eigenvalue weighted by Crippen LogP contribution is 2.25. The zero-order valence-electron chi connectivity index (χ0n) is 11.9. The molecule has 0 amide bonds. The Labute approximate surface area is 118 Å². The molecule has 0 radical (unpaired) electrons. The minimum Gasteiger partial charge on any atom is -0.460 e. The molecule has 1 fully saturated rings. The van der Waals surface area contributed by atoms with Crippen LogP contribution in [0.5, 0.6) is 0 Å². The van der Waals surface area contributed by atoms with Gasteiger partial charge in [0.25, 0.3) is 0 Å². The van der Waals surface area contributed by atoms with E-state index in [-0.39, 0.29) is 25.5 Å². The maximum Gasteiger partial charge on any atom is 0.323 e. The summed E-state index contributed by atoms with van der Waals surface area (Å²) in [5.41, 5.74) is -0.432. The van der Waals surface area contributed by atoms with Crippen LogP contribution in [0.2, 0.25) is 0 Å². The average molecular weight is 280 g/mol. The highest BCUT2D eigenvalue weighted by atomic mass is 19.1. The smallest absolute Gasteiger partial charge is 0.323 e. The maximum absolute atomic E-state index is 14.4. The first kappa shape index (κ1) is 14.9. The Balaban J connectivity index is 1.82. The summed E-state index contributed by atoms with van der Waals surface area (Å²) in [4.78, 5) is 13.7. The third-order valence-corrected chi connectivity index (χ3v) is 3.34. The first-order chi connectivity index (χ1) is 9.48. The van der Waals surface area contributed by atoms with Crippen LogP contribution in [-0.4, -0.2) is 49.8 Å². The number of hydrogen-bond acceptors (Lipinski definition) is 4. The molecule has 2 atom stereocenters. The molecule has 1 heterocycles. The molecule has 4 nitrogen and oxygen atoms in total. The summed E-state index contributed by atoms with van der Waals surface area (Å²) in [5.74, 6) is -0.382. The molecule has 20 heavy (non-hydrogen) atoms. The second kappa shape index (κ2) is 6.33. The third-order valence-electron chi connectivity index (χ3n) is 3.34. The fourth-order valence-corrected chi connectivity index (χ4v) is 2.50. The van der Waals surface area contributed by atoms with Gasteiger partial charge in [0.2, 0.25) is 0 Å². The van der Waals surface area contributed by atoms with Crippen LogP contribution in [0.1, 0.15) is 12.0 Å². The van der Waals surface area contributed by atoms with Crippen molar-refractivity contribution in [2.75, 3.05) is 27.2 Å². The largest absolute Gasteiger partial charge is 0.460 e. The molecule has 0 unspecified atom stereocenters. The van der Waals surface area contributed by atoms with Gasteiger partial charge in [-0.1, -0.05) is 30.3 Å². The molecule has 1 aliphatic rings. The molecule has 0 saturated carbocycles. The van der Waals surface area contributed by atoms with Gasteiger partial charge in [0.15, 0.2) is 0 Å². The van der Waals surface area contributed by atoms with Crippen LogP contribution in [0.25, 0.3) is 0 Å². The number of nitrogens with one attached hydrogen (secondary N) is 1. The molecule has 0 spiro atoms. The van der Waals surface area contributed by atoms with Gasteiger partial charge < -0.3 is 15.0 Å². The topological polar surface area (TPSA) is 41.6 Å². The Morgan fingerprint density at radius 2 is 2.15 bits per heavy atom. The molecule has 0 bridgehead atoms. The molecule has 1 aromatic carbocycles. The number of hydrogen-bond donors (Lipinski definition) is 1. The Morgan fingerprint density at radius 1 is 1.45 bits per heavy atom. The molecular formula is C15H21FN2O2. The lowest BCUT2D eigenvalue weighted by molar-refractivity contribution is -0.147. The maximum atomic E-state index is 14.4. The Morgan fingerprint density at radius 3 is 2.80 bits per heavy atom. The van der Waals surface area contributed by atoms with E-state index in [0.29, 0.717) is 6.54 Å². The van der Waals surface area contributed by atoms with Gasteiger partial charge >= 0.3 is 5.97 Å². The van der Waals surface area contributed by atoms with Crippen LogP contribution >= 0.6 is 0 Å². The van der Waals surface area contributed by atoms with Gasteiger partial charge in [-0.3, -0.25) is 4.79 Å². The lowest BCUT2D eigenvalue weighted by Gasteiger charge is -2.22. The first-order valence-electron chi connectivity index (χ1n) is 6.76. The highest BCUT2D eigenvalue weighted by molar-refractivity contribution is 5.76. The van der Waals surface area contributed by atoms with Crippen LogP contribution in [0.15, 0.2) is 30.3 Å². The van der Waals surface area contributed by atoms with Crippen molar-refractivity contribution in [3.8, 4) is 0 Å². The van der Waals surface area contributed by atoms with Crippen molar-refractivity contribution in [2.24, 2.45) is 0 Å². The average Bonchev–Trinajstić information content (AvgIpc) is 2.78. The number of nitrogens with zero attached hydrogens (tertiary/aromatic N) is 1. The zero-order chi connectivity index (χ0) is 14.6. The molecule has 0 aliphatic carbocycles. The number of esters is 1. The molecule has 2 rings (SSSR count). The van der Waals surface area contributed by atoms with Crippen molar-refractivity contribution in [3.63, 3.8) is 0 Å². The van der Waals surface area contributed by atoms with Crippen molar-refractivity contribution in [1.29, 1.82) is 0 Å². The summed E-state index contributed by atoms with van der Waals surface area (Å²) in [6.45, 7) is 0.726. The van der Waals surface area contributed by atoms with E-state index in [0.717, 1.165) is 5.56 Å². The summed E-state index contributed by atoms with van der Waals surface area (Å²) in [7, 11) is 3.64. The fraction of sp³-hybridized carbons (Fsp3) is 0.533. The van der Waals surface area contributed by atoms with Crippen molar-refractivity contribution in [1.82, 2.24) is 10.2 Å². The van der Waals surface area contributed by atoms with E-state index in [1.807, 2.05) is 44.4 Å². The number of ether oxygens (including phenoxy) is 1. The van der Waals surface area contributed by atoms with E-state index in [1.54, 1.807) is 4.90 Å². The second-order valence-corrected chi connectivity index (χ2v) is 5.62. The summed E-state index contributed by atoms with van der Waals surface area (Å²) in [6.07, 6.45) is 0.165. The molecule has 1 aliphatic heterocycles. The molecule has 110 valence electrons. The van der Waals surface area contributed by atoms with Gasteiger partial charge in [0.05, 0.1) is 0 Å². The van der Waals surface area contributed by atoms with Crippen molar-refractivity contribution >= 4 is 5.97 Å². The van der Waals surface area contributed by atoms with E-state index in [2.05, 4.69) is 5.32 Å². The molecule has 5 heteroatoms. The molecule has 0 aromatic heterocycles. The Kier molecular flexibility index (Phi) is 4.73. The standard InChI is InChI=1S/C15H21FN2O2/c1-18(2)11-15(16)8-13(17-10-15)14(19)20-9-12-6-4-3-5-7-12/h3-7,13,17H,8-11H2,1-2H3/t13-,15+/m0/s1. The normalized spacial score (nSPS) is 25.9. The second-order valence-electron chi connectivity index (χ2n) is 5.62. The van der Waals surface area contributed by atoms with Gasteiger partial charge in [-0.2, -0.15) is 0 Å². The first-order valence-corrected chi connectivity index (χ1v) is 6.76. The Hall–Kier alpha value is -1.46. The number of alkyl halides is 1. The van der Waals surface area contributed by atoms with E-state index < -0.39 is 11.7 Å². The lowest BCUT2D eigenvalue weighted by atomic mass is 10.0. The monoisotopic (exact) mass is 280 g/mol. The number of carbonyl (C=O) groups excluding carboxylic acids is 1. The zero-order valence-corrected chi connectivity index (χ0v) is 11.9. The van der Waals surface area contributed by atoms with E-state index in [4.69, 9.17) is 4.74 Å². The number of halogens is 1. The summed E-state index contributed by atoms with van der Waals surface area (Å²) < 4.78 is 19.7. The van der Waals surface area contributed by atoms with Crippen molar-refractivity contribution in [2.45, 2.75) is 24.7 Å². The van der Waals surface area contributed by atoms with Gasteiger partial charge in [0, 0.05) is 19.5 Å². The molecular weight excluding hydrogens is 259 g/mol. The van der Waals surface area contributed by atoms with E-state index in [9.17, 15) is 9.18 Å². The predicted octanol–water partition coefficient (Wildman–Crippen LogP) is 1.36. The minimum absolute atomic E-state index is 0.165. The van der Waals surface area contributed by atoms with Crippen molar-refractivity contribution < 1.29 is 13.9 Å². The molecule has 1 aromatic rings. The number of benzene rings is 1. The summed E-state index contributed by atoms with van der Waals surface area (Å²) in [6, 6.07) is 8.91. The van der Waals surface area contributed by atoms with E-state index in [1.165, 1.54) is 0 Å². The van der Waals surface area contributed by atoms with Gasteiger partial charge in [-0.25, -0.2) is 4.39 Å². The SMILES string of the molecule is CN(C)C[C@]1(F)CN[C@H](C(=O)OCc2ccccc2)C1. The highest BCUT2D eigenvalue weighted by Gasteiger charge is 2.43. The van der Waals surface area contributed by atoms with Crippen LogP contribution in [0.3, 0.4) is 0 Å². The molecule has 1 saturated heterocycles. The van der Waals surface area contributed by atoms with E-state index >= 15 is 0 Å². The van der Waals surface area contributed by atoms with Gasteiger partial charge in [-0.05, 0) is 19.7 Å². The quantitative estimate of drug-likeness (QED) is 0.827. The fourth-order valence-electron chi connectivity index (χ4n) is 2.50. The number of carbonyl (C=O) groups is 1. The molecule has 1 N–H and O–H groups in total. The van der Waals surface area contributed by atoms with Crippen LogP contribution in [-0.2, 0) is 16.1 Å². The summed E-state index contributed by atoms with van der Waals surface area (Å²) >= 11 is 0. The number of rotatable bonds is 5. The minimum atomic E-state index is -1.36. The lowest BCUT2D eigenvalue weighted by Crippen LogP contribution is -2.37.